The Hall–Kier alpha value is -3.33. The van der Waals surface area contributed by atoms with Crippen LogP contribution in [0.15, 0.2) is 90.3 Å². The van der Waals surface area contributed by atoms with Gasteiger partial charge < -0.3 is 9.64 Å². The highest BCUT2D eigenvalue weighted by molar-refractivity contribution is 7.92. The normalized spacial score (nSPS) is 11.0. The van der Waals surface area contributed by atoms with E-state index < -0.39 is 28.5 Å². The van der Waals surface area contributed by atoms with E-state index in [1.807, 2.05) is 30.3 Å². The summed E-state index contributed by atoms with van der Waals surface area (Å²) in [4.78, 5) is 26.4. The van der Waals surface area contributed by atoms with Crippen LogP contribution in [0.4, 0.5) is 5.69 Å². The summed E-state index contributed by atoms with van der Waals surface area (Å²) >= 11 is 12.1. The van der Waals surface area contributed by atoms with Gasteiger partial charge in [0.2, 0.25) is 0 Å². The molecule has 3 rings (SSSR count). The van der Waals surface area contributed by atoms with Crippen LogP contribution in [0.25, 0.3) is 0 Å². The van der Waals surface area contributed by atoms with Crippen LogP contribution >= 0.6 is 23.2 Å². The molecule has 3 aromatic carbocycles. The number of hydrogen-bond acceptors (Lipinski definition) is 5. The molecule has 0 saturated heterocycles. The molecule has 0 radical (unpaired) electrons. The van der Waals surface area contributed by atoms with Gasteiger partial charge in [-0.25, -0.2) is 13.2 Å². The minimum Gasteiger partial charge on any atom is -0.452 e. The lowest BCUT2D eigenvalue weighted by Gasteiger charge is -2.23. The van der Waals surface area contributed by atoms with Gasteiger partial charge in [0.1, 0.15) is 0 Å². The Kier molecular flexibility index (Phi) is 9.14. The van der Waals surface area contributed by atoms with Crippen LogP contribution in [-0.4, -0.2) is 45.4 Å². The van der Waals surface area contributed by atoms with Crippen LogP contribution in [0.3, 0.4) is 0 Å². The second-order valence-electron chi connectivity index (χ2n) is 7.75. The van der Waals surface area contributed by atoms with Crippen molar-refractivity contribution in [3.05, 3.63) is 107 Å². The highest BCUT2D eigenvalue weighted by Crippen LogP contribution is 2.28. The van der Waals surface area contributed by atoms with Gasteiger partial charge >= 0.3 is 5.97 Å². The number of likely N-dealkylation sites (N-methyl/N-ethyl adjacent to an activating group) is 1. The Morgan fingerprint density at radius 3 is 2.31 bits per heavy atom. The number of ether oxygens (including phenoxy) is 1. The van der Waals surface area contributed by atoms with Gasteiger partial charge in [0.15, 0.2) is 6.61 Å². The lowest BCUT2D eigenvalue weighted by atomic mass is 10.2. The average Bonchev–Trinajstić information content (AvgIpc) is 2.87. The Balaban J connectivity index is 1.77. The second kappa shape index (κ2) is 12.1. The highest BCUT2D eigenvalue weighted by atomic mass is 35.5. The largest absolute Gasteiger partial charge is 0.452 e. The molecule has 7 nitrogen and oxygen atoms in total. The number of carbonyl (C=O) groups is 2. The van der Waals surface area contributed by atoms with E-state index in [4.69, 9.17) is 27.9 Å². The molecule has 0 saturated carbocycles. The molecule has 1 amide bonds. The first kappa shape index (κ1) is 27.3. The number of anilines is 1. The monoisotopic (exact) mass is 546 g/mol. The molecule has 10 heteroatoms. The lowest BCUT2D eigenvalue weighted by Crippen LogP contribution is -2.31. The van der Waals surface area contributed by atoms with Gasteiger partial charge in [0, 0.05) is 18.6 Å². The SMILES string of the molecule is C=CCN(c1ccc(Cl)cc1)S(=O)(=O)c1ccc(Cl)c(C(=O)OCC(=O)N(C)Cc2ccccc2)c1. The molecular weight excluding hydrogens is 523 g/mol. The zero-order valence-corrected chi connectivity index (χ0v) is 21.8. The van der Waals surface area contributed by atoms with E-state index in [9.17, 15) is 18.0 Å². The smallest absolute Gasteiger partial charge is 0.340 e. The summed E-state index contributed by atoms with van der Waals surface area (Å²) < 4.78 is 33.1. The first-order valence-corrected chi connectivity index (χ1v) is 13.0. The van der Waals surface area contributed by atoms with Crippen molar-refractivity contribution in [2.45, 2.75) is 11.4 Å². The van der Waals surface area contributed by atoms with Gasteiger partial charge in [-0.1, -0.05) is 59.6 Å². The molecule has 0 heterocycles. The van der Waals surface area contributed by atoms with Crippen LogP contribution in [0.1, 0.15) is 15.9 Å². The summed E-state index contributed by atoms with van der Waals surface area (Å²) in [5, 5.41) is 0.445. The second-order valence-corrected chi connectivity index (χ2v) is 10.5. The van der Waals surface area contributed by atoms with Gasteiger partial charge in [-0.05, 0) is 48.0 Å². The predicted molar refractivity (Wildman–Crippen MR) is 141 cm³/mol. The van der Waals surface area contributed by atoms with Gasteiger partial charge in [-0.2, -0.15) is 0 Å². The molecule has 36 heavy (non-hydrogen) atoms. The van der Waals surface area contributed by atoms with Crippen LogP contribution in [0, 0.1) is 0 Å². The van der Waals surface area contributed by atoms with E-state index in [1.165, 1.54) is 23.1 Å². The molecule has 0 fully saturated rings. The van der Waals surface area contributed by atoms with E-state index in [0.717, 1.165) is 15.9 Å². The maximum Gasteiger partial charge on any atom is 0.340 e. The van der Waals surface area contributed by atoms with Crippen molar-refractivity contribution in [3.63, 3.8) is 0 Å². The fourth-order valence-electron chi connectivity index (χ4n) is 3.28. The summed E-state index contributed by atoms with van der Waals surface area (Å²) in [5.74, 6) is -1.34. The minimum atomic E-state index is -4.10. The van der Waals surface area contributed by atoms with E-state index in [0.29, 0.717) is 17.3 Å². The van der Waals surface area contributed by atoms with Crippen LogP contribution in [-0.2, 0) is 26.1 Å². The Bertz CT molecular complexity index is 1350. The fraction of sp³-hybridized carbons (Fsp3) is 0.154. The number of benzene rings is 3. The van der Waals surface area contributed by atoms with Gasteiger partial charge in [-0.3, -0.25) is 9.10 Å². The van der Waals surface area contributed by atoms with E-state index in [1.54, 1.807) is 31.3 Å². The number of amides is 1. The zero-order chi connectivity index (χ0) is 26.3. The molecular formula is C26H24Cl2N2O5S. The van der Waals surface area contributed by atoms with Crippen molar-refractivity contribution in [1.29, 1.82) is 0 Å². The molecule has 0 atom stereocenters. The van der Waals surface area contributed by atoms with Gasteiger partial charge in [-0.15, -0.1) is 6.58 Å². The van der Waals surface area contributed by atoms with E-state index in [-0.39, 0.29) is 22.0 Å². The van der Waals surface area contributed by atoms with Gasteiger partial charge in [0.25, 0.3) is 15.9 Å². The predicted octanol–water partition coefficient (Wildman–Crippen LogP) is 5.19. The molecule has 3 aromatic rings. The average molecular weight is 547 g/mol. The van der Waals surface area contributed by atoms with Crippen molar-refractivity contribution >= 4 is 50.8 Å². The number of nitrogens with zero attached hydrogens (tertiary/aromatic N) is 2. The first-order chi connectivity index (χ1) is 17.1. The maximum absolute atomic E-state index is 13.4. The summed E-state index contributed by atoms with van der Waals surface area (Å²) in [6, 6.07) is 19.3. The molecule has 0 N–H and O–H groups in total. The number of esters is 1. The molecule has 0 bridgehead atoms. The summed E-state index contributed by atoms with van der Waals surface area (Å²) in [6.07, 6.45) is 1.44. The molecule has 188 valence electrons. The maximum atomic E-state index is 13.4. The molecule has 0 aliphatic heterocycles. The fourth-order valence-corrected chi connectivity index (χ4v) is 5.06. The molecule has 0 aliphatic carbocycles. The first-order valence-electron chi connectivity index (χ1n) is 10.8. The quantitative estimate of drug-likeness (QED) is 0.258. The van der Waals surface area contributed by atoms with Crippen molar-refractivity contribution in [1.82, 2.24) is 4.90 Å². The van der Waals surface area contributed by atoms with Crippen molar-refractivity contribution in [2.75, 3.05) is 24.5 Å². The zero-order valence-electron chi connectivity index (χ0n) is 19.4. The van der Waals surface area contributed by atoms with Crippen LogP contribution in [0.5, 0.6) is 0 Å². The third kappa shape index (κ3) is 6.66. The minimum absolute atomic E-state index is 0.00852. The number of rotatable bonds is 10. The van der Waals surface area contributed by atoms with Crippen molar-refractivity contribution < 1.29 is 22.7 Å². The Labute approximate surface area is 220 Å². The molecule has 0 spiro atoms. The van der Waals surface area contributed by atoms with Crippen molar-refractivity contribution in [2.24, 2.45) is 0 Å². The third-order valence-corrected chi connectivity index (χ3v) is 7.54. The summed E-state index contributed by atoms with van der Waals surface area (Å²) in [5.41, 5.74) is 1.11. The van der Waals surface area contributed by atoms with Gasteiger partial charge in [0.05, 0.1) is 27.7 Å². The number of carbonyl (C=O) groups excluding carboxylic acids is 2. The number of halogens is 2. The summed E-state index contributed by atoms with van der Waals surface area (Å²) in [6.45, 7) is 3.43. The molecule has 0 aromatic heterocycles. The molecule has 0 aliphatic rings. The topological polar surface area (TPSA) is 84.0 Å². The van der Waals surface area contributed by atoms with Crippen molar-refractivity contribution in [3.8, 4) is 0 Å². The number of sulfonamides is 1. The third-order valence-electron chi connectivity index (χ3n) is 5.17. The van der Waals surface area contributed by atoms with Crippen LogP contribution in [0.2, 0.25) is 10.0 Å². The van der Waals surface area contributed by atoms with Crippen LogP contribution < -0.4 is 4.31 Å². The molecule has 0 unspecified atom stereocenters. The Morgan fingerprint density at radius 2 is 1.67 bits per heavy atom. The van der Waals surface area contributed by atoms with E-state index >= 15 is 0 Å². The Morgan fingerprint density at radius 1 is 1.00 bits per heavy atom. The highest BCUT2D eigenvalue weighted by Gasteiger charge is 2.26. The standard InChI is InChI=1S/C26H24Cl2N2O5S/c1-3-15-30(21-11-9-20(27)10-12-21)36(33,34)22-13-14-24(28)23(16-22)26(32)35-18-25(31)29(2)17-19-7-5-4-6-8-19/h3-14,16H,1,15,17-18H2,2H3. The van der Waals surface area contributed by atoms with E-state index in [2.05, 4.69) is 6.58 Å². The lowest BCUT2D eigenvalue weighted by molar-refractivity contribution is -0.133. The summed E-state index contributed by atoms with van der Waals surface area (Å²) in [7, 11) is -2.51. The number of hydrogen-bond donors (Lipinski definition) is 0.